The van der Waals surface area contributed by atoms with Crippen LogP contribution in [-0.2, 0) is 18.2 Å². The molecule has 1 aliphatic rings. The molecule has 0 aliphatic carbocycles. The number of nitriles is 1. The Hall–Kier alpha value is -1.34. The summed E-state index contributed by atoms with van der Waals surface area (Å²) in [5.74, 6) is 0. The van der Waals surface area contributed by atoms with Crippen molar-refractivity contribution in [2.24, 2.45) is 12.5 Å². The van der Waals surface area contributed by atoms with E-state index in [-0.39, 0.29) is 5.41 Å². The Morgan fingerprint density at radius 2 is 2.56 bits per heavy atom. The van der Waals surface area contributed by atoms with Crippen LogP contribution >= 0.6 is 0 Å². The average Bonchev–Trinajstić information content (AvgIpc) is 2.74. The van der Waals surface area contributed by atoms with Crippen LogP contribution in [0.4, 0.5) is 0 Å². The van der Waals surface area contributed by atoms with Crippen molar-refractivity contribution in [1.29, 1.82) is 5.26 Å². The quantitative estimate of drug-likeness (QED) is 0.777. The molecule has 0 saturated carbocycles. The van der Waals surface area contributed by atoms with Crippen molar-refractivity contribution < 1.29 is 4.74 Å². The summed E-state index contributed by atoms with van der Waals surface area (Å²) in [6.07, 6.45) is 7.62. The van der Waals surface area contributed by atoms with Crippen LogP contribution in [0.1, 0.15) is 24.8 Å². The zero-order valence-electron chi connectivity index (χ0n) is 9.65. The maximum Gasteiger partial charge on any atom is 0.0811 e. The third-order valence-electron chi connectivity index (χ3n) is 3.21. The molecule has 0 bridgehead atoms. The molecule has 2 rings (SSSR count). The zero-order valence-corrected chi connectivity index (χ0v) is 9.65. The minimum absolute atomic E-state index is 0.270. The van der Waals surface area contributed by atoms with Crippen molar-refractivity contribution in [2.45, 2.75) is 25.7 Å². The SMILES string of the molecule is Cn1cc(CCC2(C#N)CCCOC2)cn1. The molecule has 0 radical (unpaired) electrons. The van der Waals surface area contributed by atoms with Crippen molar-refractivity contribution in [1.82, 2.24) is 9.78 Å². The number of hydrogen-bond donors (Lipinski definition) is 0. The van der Waals surface area contributed by atoms with Gasteiger partial charge in [-0.25, -0.2) is 0 Å². The molecule has 2 heterocycles. The predicted octanol–water partition coefficient (Wildman–Crippen LogP) is 1.67. The van der Waals surface area contributed by atoms with Gasteiger partial charge >= 0.3 is 0 Å². The summed E-state index contributed by atoms with van der Waals surface area (Å²) in [5, 5.41) is 13.4. The summed E-state index contributed by atoms with van der Waals surface area (Å²) >= 11 is 0. The largest absolute Gasteiger partial charge is 0.380 e. The molecule has 0 amide bonds. The van der Waals surface area contributed by atoms with Crippen LogP contribution < -0.4 is 0 Å². The van der Waals surface area contributed by atoms with Gasteiger partial charge in [-0.3, -0.25) is 4.68 Å². The fourth-order valence-electron chi connectivity index (χ4n) is 2.18. The monoisotopic (exact) mass is 219 g/mol. The molecule has 1 atom stereocenters. The molecular formula is C12H17N3O. The highest BCUT2D eigenvalue weighted by Gasteiger charge is 2.32. The first kappa shape index (κ1) is 11.2. The summed E-state index contributed by atoms with van der Waals surface area (Å²) in [5.41, 5.74) is 0.927. The van der Waals surface area contributed by atoms with Gasteiger partial charge in [0.15, 0.2) is 0 Å². The number of ether oxygens (including phenoxy) is 1. The lowest BCUT2D eigenvalue weighted by molar-refractivity contribution is 0.0183. The molecule has 0 spiro atoms. The minimum atomic E-state index is -0.270. The van der Waals surface area contributed by atoms with E-state index in [2.05, 4.69) is 11.2 Å². The Morgan fingerprint density at radius 1 is 1.69 bits per heavy atom. The topological polar surface area (TPSA) is 50.8 Å². The third kappa shape index (κ3) is 2.42. The second-order valence-corrected chi connectivity index (χ2v) is 4.57. The summed E-state index contributed by atoms with van der Waals surface area (Å²) < 4.78 is 7.22. The van der Waals surface area contributed by atoms with E-state index in [1.165, 1.54) is 5.56 Å². The highest BCUT2D eigenvalue weighted by Crippen LogP contribution is 2.32. The smallest absolute Gasteiger partial charge is 0.0811 e. The molecule has 4 heteroatoms. The minimum Gasteiger partial charge on any atom is -0.380 e. The van der Waals surface area contributed by atoms with Gasteiger partial charge in [0.1, 0.15) is 0 Å². The van der Waals surface area contributed by atoms with Crippen LogP contribution in [0.3, 0.4) is 0 Å². The molecular weight excluding hydrogens is 202 g/mol. The van der Waals surface area contributed by atoms with E-state index in [1.54, 1.807) is 4.68 Å². The van der Waals surface area contributed by atoms with Gasteiger partial charge in [0.05, 0.1) is 24.3 Å². The highest BCUT2D eigenvalue weighted by molar-refractivity contribution is 5.08. The molecule has 1 aromatic heterocycles. The van der Waals surface area contributed by atoms with Gasteiger partial charge in [0.25, 0.3) is 0 Å². The van der Waals surface area contributed by atoms with Crippen molar-refractivity contribution in [3.05, 3.63) is 18.0 Å². The van der Waals surface area contributed by atoms with Crippen molar-refractivity contribution >= 4 is 0 Å². The van der Waals surface area contributed by atoms with Crippen molar-refractivity contribution in [2.75, 3.05) is 13.2 Å². The fraction of sp³-hybridized carbons (Fsp3) is 0.667. The second-order valence-electron chi connectivity index (χ2n) is 4.57. The molecule has 4 nitrogen and oxygen atoms in total. The van der Waals surface area contributed by atoms with Gasteiger partial charge in [-0.2, -0.15) is 10.4 Å². The lowest BCUT2D eigenvalue weighted by Crippen LogP contribution is -2.30. The summed E-state index contributed by atoms with van der Waals surface area (Å²) in [4.78, 5) is 0. The molecule has 0 aromatic carbocycles. The Labute approximate surface area is 95.8 Å². The number of rotatable bonds is 3. The zero-order chi connectivity index (χ0) is 11.4. The molecule has 1 fully saturated rings. The van der Waals surface area contributed by atoms with E-state index in [9.17, 15) is 5.26 Å². The molecule has 1 aromatic rings. The maximum atomic E-state index is 9.27. The molecule has 86 valence electrons. The lowest BCUT2D eigenvalue weighted by Gasteiger charge is -2.30. The third-order valence-corrected chi connectivity index (χ3v) is 3.21. The van der Waals surface area contributed by atoms with E-state index in [0.29, 0.717) is 6.61 Å². The van der Waals surface area contributed by atoms with Crippen molar-refractivity contribution in [3.8, 4) is 6.07 Å². The molecule has 1 saturated heterocycles. The summed E-state index contributed by atoms with van der Waals surface area (Å²) in [6, 6.07) is 2.44. The Balaban J connectivity index is 1.95. The van der Waals surface area contributed by atoms with Crippen molar-refractivity contribution in [3.63, 3.8) is 0 Å². The summed E-state index contributed by atoms with van der Waals surface area (Å²) in [6.45, 7) is 1.39. The summed E-state index contributed by atoms with van der Waals surface area (Å²) in [7, 11) is 1.91. The van der Waals surface area contributed by atoms with Crippen LogP contribution in [0.15, 0.2) is 12.4 Å². The lowest BCUT2D eigenvalue weighted by atomic mass is 9.79. The van der Waals surface area contributed by atoms with Gasteiger partial charge in [-0.05, 0) is 31.2 Å². The van der Waals surface area contributed by atoms with Crippen LogP contribution in [0, 0.1) is 16.7 Å². The van der Waals surface area contributed by atoms with E-state index >= 15 is 0 Å². The fourth-order valence-corrected chi connectivity index (χ4v) is 2.18. The first-order valence-corrected chi connectivity index (χ1v) is 5.71. The van der Waals surface area contributed by atoms with E-state index in [1.807, 2.05) is 19.4 Å². The van der Waals surface area contributed by atoms with Gasteiger partial charge < -0.3 is 4.74 Å². The van der Waals surface area contributed by atoms with Gasteiger partial charge in [0.2, 0.25) is 0 Å². The normalized spacial score (nSPS) is 25.2. The van der Waals surface area contributed by atoms with Gasteiger partial charge in [-0.1, -0.05) is 0 Å². The molecule has 1 unspecified atom stereocenters. The molecule has 16 heavy (non-hydrogen) atoms. The highest BCUT2D eigenvalue weighted by atomic mass is 16.5. The Bertz CT molecular complexity index is 385. The molecule has 1 aliphatic heterocycles. The van der Waals surface area contributed by atoms with Gasteiger partial charge in [0, 0.05) is 19.9 Å². The second kappa shape index (κ2) is 4.67. The standard InChI is InChI=1S/C12H17N3O/c1-15-8-11(7-14-15)3-5-12(9-13)4-2-6-16-10-12/h7-8H,2-6,10H2,1H3. The van der Waals surface area contributed by atoms with E-state index in [4.69, 9.17) is 4.74 Å². The average molecular weight is 219 g/mol. The first-order chi connectivity index (χ1) is 7.74. The van der Waals surface area contributed by atoms with Crippen LogP contribution in [0.25, 0.3) is 0 Å². The van der Waals surface area contributed by atoms with Crippen LogP contribution in [0.5, 0.6) is 0 Å². The van der Waals surface area contributed by atoms with Gasteiger partial charge in [-0.15, -0.1) is 0 Å². The number of hydrogen-bond acceptors (Lipinski definition) is 3. The Morgan fingerprint density at radius 3 is 3.12 bits per heavy atom. The number of aromatic nitrogens is 2. The number of aryl methyl sites for hydroxylation is 2. The van der Waals surface area contributed by atoms with Crippen LogP contribution in [0.2, 0.25) is 0 Å². The van der Waals surface area contributed by atoms with Crippen LogP contribution in [-0.4, -0.2) is 23.0 Å². The number of nitrogens with zero attached hydrogens (tertiary/aromatic N) is 3. The maximum absolute atomic E-state index is 9.27. The first-order valence-electron chi connectivity index (χ1n) is 5.71. The van der Waals surface area contributed by atoms with E-state index in [0.717, 1.165) is 32.3 Å². The van der Waals surface area contributed by atoms with E-state index < -0.39 is 0 Å². The Kier molecular flexibility index (Phi) is 3.25. The molecule has 0 N–H and O–H groups in total. The predicted molar refractivity (Wildman–Crippen MR) is 59.6 cm³/mol.